The predicted octanol–water partition coefficient (Wildman–Crippen LogP) is 11.8. The van der Waals surface area contributed by atoms with Gasteiger partial charge in [-0.25, -0.2) is 29.3 Å². The van der Waals surface area contributed by atoms with E-state index < -0.39 is 17.4 Å². The van der Waals surface area contributed by atoms with E-state index in [1.54, 1.807) is 20.8 Å². The van der Waals surface area contributed by atoms with Crippen molar-refractivity contribution in [3.05, 3.63) is 0 Å². The molecule has 0 radical (unpaired) electrons. The lowest BCUT2D eigenvalue weighted by atomic mass is 9.70. The molecule has 1 saturated carbocycles. The van der Waals surface area contributed by atoms with Crippen LogP contribution in [0.15, 0.2) is 0 Å². The number of hydrogen-bond acceptors (Lipinski definition) is 12. The molecule has 12 heteroatoms. The van der Waals surface area contributed by atoms with Crippen LogP contribution >= 0.6 is 0 Å². The molecule has 0 N–H and O–H groups in total. The molecular weight excluding hydrogens is 672 g/mol. The SMILES string of the molecule is CC(C)(C)OOC(C)(C)OOC(C)(C)C.CC1CC(C)(C)CC(OOC(C)(C)C)(OOC(C)(C)C)C1.CCC(C)(OOC(C)(C)C)OOC(C)(C)C. The summed E-state index contributed by atoms with van der Waals surface area (Å²) in [5, 5.41) is 0. The van der Waals surface area contributed by atoms with E-state index in [1.807, 2.05) is 132 Å². The lowest BCUT2D eigenvalue weighted by Crippen LogP contribution is -2.48. The lowest BCUT2D eigenvalue weighted by Gasteiger charge is -2.46. The van der Waals surface area contributed by atoms with E-state index >= 15 is 0 Å². The van der Waals surface area contributed by atoms with Gasteiger partial charge in [0.15, 0.2) is 0 Å². The Labute approximate surface area is 319 Å². The normalized spacial score (nSPS) is 19.0. The Kier molecular flexibility index (Phi) is 20.7. The van der Waals surface area contributed by atoms with E-state index in [0.717, 1.165) is 19.3 Å². The molecule has 1 aliphatic carbocycles. The Morgan fingerprint density at radius 3 is 0.962 bits per heavy atom. The van der Waals surface area contributed by atoms with E-state index in [-0.39, 0.29) is 39.0 Å². The molecule has 0 spiro atoms. The van der Waals surface area contributed by atoms with Gasteiger partial charge in [0.1, 0.15) is 0 Å². The van der Waals surface area contributed by atoms with Crippen LogP contribution in [0.2, 0.25) is 0 Å². The molecule has 1 rings (SSSR count). The molecule has 0 heterocycles. The average molecular weight is 757 g/mol. The van der Waals surface area contributed by atoms with Crippen molar-refractivity contribution < 1.29 is 58.7 Å². The molecule has 12 nitrogen and oxygen atoms in total. The zero-order valence-electron chi connectivity index (χ0n) is 38.3. The topological polar surface area (TPSA) is 111 Å². The second-order valence-electron chi connectivity index (χ2n) is 21.3. The molecule has 0 aliphatic heterocycles. The van der Waals surface area contributed by atoms with Crippen molar-refractivity contribution in [2.75, 3.05) is 0 Å². The highest BCUT2D eigenvalue weighted by molar-refractivity contribution is 4.88. The van der Waals surface area contributed by atoms with Gasteiger partial charge in [-0.15, -0.1) is 0 Å². The molecule has 1 fully saturated rings. The zero-order chi connectivity index (χ0) is 41.9. The van der Waals surface area contributed by atoms with Gasteiger partial charge in [0.05, 0.1) is 33.6 Å². The monoisotopic (exact) mass is 757 g/mol. The highest BCUT2D eigenvalue weighted by atomic mass is 17.3. The lowest BCUT2D eigenvalue weighted by molar-refractivity contribution is -0.551. The minimum Gasteiger partial charge on any atom is -0.228 e. The van der Waals surface area contributed by atoms with E-state index in [0.29, 0.717) is 12.3 Å². The van der Waals surface area contributed by atoms with E-state index in [9.17, 15) is 0 Å². The van der Waals surface area contributed by atoms with Crippen molar-refractivity contribution in [1.82, 2.24) is 0 Å². The van der Waals surface area contributed by atoms with Gasteiger partial charge >= 0.3 is 0 Å². The van der Waals surface area contributed by atoms with Crippen molar-refractivity contribution in [2.45, 2.75) is 250 Å². The Balaban J connectivity index is 0. The van der Waals surface area contributed by atoms with Crippen LogP contribution in [-0.2, 0) is 58.7 Å². The molecule has 316 valence electrons. The Morgan fingerprint density at radius 2 is 0.712 bits per heavy atom. The molecular formula is C40H84O12. The largest absolute Gasteiger partial charge is 0.234 e. The smallest absolute Gasteiger partial charge is 0.228 e. The second-order valence-corrected chi connectivity index (χ2v) is 21.3. The van der Waals surface area contributed by atoms with Gasteiger partial charge in [-0.3, -0.25) is 0 Å². The van der Waals surface area contributed by atoms with Crippen LogP contribution in [0.3, 0.4) is 0 Å². The first-order valence-corrected chi connectivity index (χ1v) is 18.8. The van der Waals surface area contributed by atoms with E-state index in [4.69, 9.17) is 58.7 Å². The van der Waals surface area contributed by atoms with Gasteiger partial charge in [-0.05, 0) is 163 Å². The van der Waals surface area contributed by atoms with Gasteiger partial charge in [-0.1, -0.05) is 27.7 Å². The Morgan fingerprint density at radius 1 is 0.423 bits per heavy atom. The summed E-state index contributed by atoms with van der Waals surface area (Å²) < 4.78 is 0. The van der Waals surface area contributed by atoms with Crippen molar-refractivity contribution in [2.24, 2.45) is 11.3 Å². The van der Waals surface area contributed by atoms with Crippen LogP contribution in [0.4, 0.5) is 0 Å². The number of hydrogen-bond donors (Lipinski definition) is 0. The van der Waals surface area contributed by atoms with Crippen LogP contribution < -0.4 is 0 Å². The van der Waals surface area contributed by atoms with Crippen molar-refractivity contribution in [3.8, 4) is 0 Å². The van der Waals surface area contributed by atoms with Crippen LogP contribution in [0.1, 0.15) is 199 Å². The maximum absolute atomic E-state index is 5.79. The summed E-state index contributed by atoms with van der Waals surface area (Å²) in [5.41, 5.74) is -2.14. The molecule has 1 unspecified atom stereocenters. The minimum absolute atomic E-state index is 0.125. The third-order valence-corrected chi connectivity index (χ3v) is 5.76. The van der Waals surface area contributed by atoms with Crippen LogP contribution in [0, 0.1) is 11.3 Å². The van der Waals surface area contributed by atoms with Gasteiger partial charge in [-0.2, -0.15) is 29.3 Å². The van der Waals surface area contributed by atoms with Crippen LogP contribution in [0.25, 0.3) is 0 Å². The standard InChI is InChI=1S/C17H34O4.C12H26O4.C11H24O4/c1-13-10-16(8,9)12-17(11-13,20-18-14(2,3)4)21-19-15(5,6)7;1-9-12(8,15-13-10(2,3)4)16-14-11(5,6)7;1-9(2,3)12-14-11(7,8)15-13-10(4,5)6/h13H,10-12H2,1-9H3;9H2,1-8H3;1-8H3. The minimum atomic E-state index is -0.930. The summed E-state index contributed by atoms with van der Waals surface area (Å²) in [5.74, 6) is -2.18. The molecule has 0 saturated heterocycles. The Hall–Kier alpha value is -0.480. The summed E-state index contributed by atoms with van der Waals surface area (Å²) in [6.45, 7) is 48.5. The predicted molar refractivity (Wildman–Crippen MR) is 204 cm³/mol. The highest BCUT2D eigenvalue weighted by Gasteiger charge is 2.48. The second kappa shape index (κ2) is 20.1. The molecule has 52 heavy (non-hydrogen) atoms. The summed E-state index contributed by atoms with van der Waals surface area (Å²) in [4.78, 5) is 64.4. The first-order valence-electron chi connectivity index (χ1n) is 18.8. The molecule has 1 aliphatic rings. The van der Waals surface area contributed by atoms with E-state index in [2.05, 4.69) is 20.8 Å². The summed E-state index contributed by atoms with van der Waals surface area (Å²) in [7, 11) is 0. The molecule has 0 bridgehead atoms. The molecule has 0 aromatic rings. The third-order valence-electron chi connectivity index (χ3n) is 5.76. The maximum atomic E-state index is 5.79. The fourth-order valence-corrected chi connectivity index (χ4v) is 3.99. The third kappa shape index (κ3) is 31.8. The highest BCUT2D eigenvalue weighted by Crippen LogP contribution is 2.47. The van der Waals surface area contributed by atoms with Crippen LogP contribution in [-0.4, -0.2) is 51.0 Å². The summed E-state index contributed by atoms with van der Waals surface area (Å²) >= 11 is 0. The molecule has 0 aromatic heterocycles. The quantitative estimate of drug-likeness (QED) is 0.101. The first-order chi connectivity index (χ1) is 22.6. The molecule has 0 amide bonds. The van der Waals surface area contributed by atoms with Gasteiger partial charge < -0.3 is 0 Å². The van der Waals surface area contributed by atoms with Crippen molar-refractivity contribution in [3.63, 3.8) is 0 Å². The summed E-state index contributed by atoms with van der Waals surface area (Å²) in [6, 6.07) is 0. The fraction of sp³-hybridized carbons (Fsp3) is 1.00. The maximum Gasteiger partial charge on any atom is 0.234 e. The summed E-state index contributed by atoms with van der Waals surface area (Å²) in [6.07, 6.45) is 3.28. The fourth-order valence-electron chi connectivity index (χ4n) is 3.99. The average Bonchev–Trinajstić information content (AvgIpc) is 2.88. The van der Waals surface area contributed by atoms with Gasteiger partial charge in [0.25, 0.3) is 0 Å². The van der Waals surface area contributed by atoms with Crippen molar-refractivity contribution >= 4 is 0 Å². The molecule has 1 atom stereocenters. The van der Waals surface area contributed by atoms with Gasteiger partial charge in [0.2, 0.25) is 17.4 Å². The van der Waals surface area contributed by atoms with E-state index in [1.165, 1.54) is 0 Å². The number of rotatable bonds is 13. The molecule has 0 aromatic carbocycles. The van der Waals surface area contributed by atoms with Crippen molar-refractivity contribution in [1.29, 1.82) is 0 Å². The first kappa shape index (κ1) is 53.6. The van der Waals surface area contributed by atoms with Crippen LogP contribution in [0.5, 0.6) is 0 Å². The Bertz CT molecular complexity index is 911. The zero-order valence-corrected chi connectivity index (χ0v) is 38.3. The van der Waals surface area contributed by atoms with Gasteiger partial charge in [0, 0.05) is 19.3 Å².